The number of hydrogen-bond acceptors (Lipinski definition) is 3. The van der Waals surface area contributed by atoms with Gasteiger partial charge in [0.05, 0.1) is 6.54 Å². The minimum absolute atomic E-state index is 0.0974. The van der Waals surface area contributed by atoms with E-state index >= 15 is 0 Å². The average molecular weight is 278 g/mol. The van der Waals surface area contributed by atoms with Crippen LogP contribution in [-0.4, -0.2) is 36.7 Å². The number of likely N-dealkylation sites (tertiary alicyclic amines) is 1. The van der Waals surface area contributed by atoms with E-state index in [9.17, 15) is 4.79 Å². The van der Waals surface area contributed by atoms with Crippen molar-refractivity contribution in [1.29, 1.82) is 0 Å². The van der Waals surface area contributed by atoms with Crippen molar-refractivity contribution in [3.05, 3.63) is 24.3 Å². The van der Waals surface area contributed by atoms with Gasteiger partial charge in [-0.1, -0.05) is 18.9 Å². The Labute approximate surface area is 119 Å². The molecule has 1 aromatic carbocycles. The molecule has 0 aromatic heterocycles. The second-order valence-electron chi connectivity index (χ2n) is 4.97. The van der Waals surface area contributed by atoms with Crippen molar-refractivity contribution < 1.29 is 4.79 Å². The molecule has 4 heteroatoms. The van der Waals surface area contributed by atoms with Crippen LogP contribution in [0.1, 0.15) is 25.7 Å². The molecule has 1 aromatic rings. The van der Waals surface area contributed by atoms with Gasteiger partial charge in [-0.15, -0.1) is 11.8 Å². The van der Waals surface area contributed by atoms with Crippen molar-refractivity contribution in [2.24, 2.45) is 0 Å². The number of carbonyl (C=O) groups is 1. The Morgan fingerprint density at radius 2 is 2.00 bits per heavy atom. The molecule has 1 saturated heterocycles. The maximum atomic E-state index is 12.0. The lowest BCUT2D eigenvalue weighted by Crippen LogP contribution is -2.33. The van der Waals surface area contributed by atoms with Crippen molar-refractivity contribution in [1.82, 2.24) is 4.90 Å². The fourth-order valence-corrected chi connectivity index (χ4v) is 2.86. The minimum Gasteiger partial charge on any atom is -0.325 e. The minimum atomic E-state index is 0.0974. The molecule has 1 aliphatic rings. The largest absolute Gasteiger partial charge is 0.325 e. The summed E-state index contributed by atoms with van der Waals surface area (Å²) >= 11 is 1.69. The van der Waals surface area contributed by atoms with Gasteiger partial charge in [-0.3, -0.25) is 9.69 Å². The molecule has 0 unspecified atom stereocenters. The van der Waals surface area contributed by atoms with E-state index in [1.165, 1.54) is 30.6 Å². The first-order chi connectivity index (χ1) is 9.28. The van der Waals surface area contributed by atoms with Crippen molar-refractivity contribution in [2.45, 2.75) is 30.6 Å². The summed E-state index contributed by atoms with van der Waals surface area (Å²) in [6.07, 6.45) is 7.07. The van der Waals surface area contributed by atoms with Crippen molar-refractivity contribution >= 4 is 23.4 Å². The second-order valence-corrected chi connectivity index (χ2v) is 5.85. The number of rotatable bonds is 4. The first kappa shape index (κ1) is 14.4. The number of anilines is 1. The Morgan fingerprint density at radius 3 is 2.68 bits per heavy atom. The summed E-state index contributed by atoms with van der Waals surface area (Å²) in [7, 11) is 0. The van der Waals surface area contributed by atoms with Crippen LogP contribution in [0.3, 0.4) is 0 Å². The Bertz CT molecular complexity index is 414. The third-order valence-electron chi connectivity index (χ3n) is 3.42. The van der Waals surface area contributed by atoms with E-state index in [0.717, 1.165) is 18.8 Å². The summed E-state index contributed by atoms with van der Waals surface area (Å²) in [5.41, 5.74) is 0.895. The fourth-order valence-electron chi connectivity index (χ4n) is 2.40. The lowest BCUT2D eigenvalue weighted by Gasteiger charge is -2.19. The lowest BCUT2D eigenvalue weighted by molar-refractivity contribution is -0.117. The van der Waals surface area contributed by atoms with Crippen LogP contribution < -0.4 is 5.32 Å². The number of amides is 1. The zero-order valence-electron chi connectivity index (χ0n) is 11.5. The molecule has 0 saturated carbocycles. The lowest BCUT2D eigenvalue weighted by atomic mass is 10.2. The van der Waals surface area contributed by atoms with E-state index in [2.05, 4.69) is 16.3 Å². The summed E-state index contributed by atoms with van der Waals surface area (Å²) in [5, 5.41) is 2.99. The Hall–Kier alpha value is -1.00. The summed E-state index contributed by atoms with van der Waals surface area (Å²) in [5.74, 6) is 0.0974. The van der Waals surface area contributed by atoms with Crippen LogP contribution in [0.4, 0.5) is 5.69 Å². The average Bonchev–Trinajstić information content (AvgIpc) is 2.67. The third kappa shape index (κ3) is 4.88. The first-order valence-electron chi connectivity index (χ1n) is 6.94. The standard InChI is InChI=1S/C15H22N2OS/c1-19-14-8-6-7-13(11-14)16-15(18)12-17-9-4-2-3-5-10-17/h6-8,11H,2-5,9-10,12H2,1H3,(H,16,18). The Morgan fingerprint density at radius 1 is 1.26 bits per heavy atom. The number of hydrogen-bond donors (Lipinski definition) is 1. The van der Waals surface area contributed by atoms with Crippen molar-refractivity contribution in [3.63, 3.8) is 0 Å². The molecule has 1 heterocycles. The monoisotopic (exact) mass is 278 g/mol. The molecule has 1 fully saturated rings. The van der Waals surface area contributed by atoms with Gasteiger partial charge in [-0.2, -0.15) is 0 Å². The number of thioether (sulfide) groups is 1. The van der Waals surface area contributed by atoms with Crippen molar-refractivity contribution in [3.8, 4) is 0 Å². The molecule has 0 radical (unpaired) electrons. The normalized spacial score (nSPS) is 16.9. The van der Waals surface area contributed by atoms with Gasteiger partial charge in [-0.05, 0) is 50.4 Å². The molecule has 0 aliphatic carbocycles. The molecule has 1 aliphatic heterocycles. The van der Waals surface area contributed by atoms with Gasteiger partial charge < -0.3 is 5.32 Å². The molecule has 1 N–H and O–H groups in total. The summed E-state index contributed by atoms with van der Waals surface area (Å²) < 4.78 is 0. The number of nitrogens with one attached hydrogen (secondary N) is 1. The highest BCUT2D eigenvalue weighted by molar-refractivity contribution is 7.98. The highest BCUT2D eigenvalue weighted by Crippen LogP contribution is 2.19. The predicted octanol–water partition coefficient (Wildman–Crippen LogP) is 3.22. The molecule has 2 rings (SSSR count). The molecular formula is C15H22N2OS. The number of carbonyl (C=O) groups excluding carboxylic acids is 1. The van der Waals surface area contributed by atoms with Crippen LogP contribution in [-0.2, 0) is 4.79 Å². The summed E-state index contributed by atoms with van der Waals surface area (Å²) in [6, 6.07) is 7.99. The third-order valence-corrected chi connectivity index (χ3v) is 4.14. The maximum Gasteiger partial charge on any atom is 0.238 e. The second kappa shape index (κ2) is 7.56. The van der Waals surface area contributed by atoms with Gasteiger partial charge in [0, 0.05) is 10.6 Å². The van der Waals surface area contributed by atoms with Gasteiger partial charge in [-0.25, -0.2) is 0 Å². The highest BCUT2D eigenvalue weighted by atomic mass is 32.2. The van der Waals surface area contributed by atoms with Gasteiger partial charge in [0.15, 0.2) is 0 Å². The molecule has 1 amide bonds. The number of benzene rings is 1. The molecule has 3 nitrogen and oxygen atoms in total. The van der Waals surface area contributed by atoms with Crippen LogP contribution in [0.5, 0.6) is 0 Å². The van der Waals surface area contributed by atoms with Crippen LogP contribution in [0.15, 0.2) is 29.2 Å². The van der Waals surface area contributed by atoms with Crippen LogP contribution in [0, 0.1) is 0 Å². The van der Waals surface area contributed by atoms with Gasteiger partial charge in [0.25, 0.3) is 0 Å². The van der Waals surface area contributed by atoms with Crippen LogP contribution in [0.2, 0.25) is 0 Å². The smallest absolute Gasteiger partial charge is 0.238 e. The van der Waals surface area contributed by atoms with E-state index in [4.69, 9.17) is 0 Å². The van der Waals surface area contributed by atoms with E-state index in [0.29, 0.717) is 6.54 Å². The van der Waals surface area contributed by atoms with Crippen molar-refractivity contribution in [2.75, 3.05) is 31.2 Å². The first-order valence-corrected chi connectivity index (χ1v) is 8.16. The van der Waals surface area contributed by atoms with Gasteiger partial charge in [0.2, 0.25) is 5.91 Å². The predicted molar refractivity (Wildman–Crippen MR) is 81.8 cm³/mol. The van der Waals surface area contributed by atoms with Gasteiger partial charge >= 0.3 is 0 Å². The van der Waals surface area contributed by atoms with E-state index in [-0.39, 0.29) is 5.91 Å². The Balaban J connectivity index is 1.85. The summed E-state index contributed by atoms with van der Waals surface area (Å²) in [6.45, 7) is 2.63. The van der Waals surface area contributed by atoms with Crippen LogP contribution in [0.25, 0.3) is 0 Å². The summed E-state index contributed by atoms with van der Waals surface area (Å²) in [4.78, 5) is 15.5. The van der Waals surface area contributed by atoms with Crippen LogP contribution >= 0.6 is 11.8 Å². The molecule has 0 spiro atoms. The number of nitrogens with zero attached hydrogens (tertiary/aromatic N) is 1. The molecule has 19 heavy (non-hydrogen) atoms. The highest BCUT2D eigenvalue weighted by Gasteiger charge is 2.12. The fraction of sp³-hybridized carbons (Fsp3) is 0.533. The maximum absolute atomic E-state index is 12.0. The van der Waals surface area contributed by atoms with E-state index in [1.54, 1.807) is 11.8 Å². The SMILES string of the molecule is CSc1cccc(NC(=O)CN2CCCCCC2)c1. The molecular weight excluding hydrogens is 256 g/mol. The van der Waals surface area contributed by atoms with E-state index in [1.807, 2.05) is 24.5 Å². The van der Waals surface area contributed by atoms with Gasteiger partial charge in [0.1, 0.15) is 0 Å². The quantitative estimate of drug-likeness (QED) is 0.858. The zero-order chi connectivity index (χ0) is 13.5. The molecule has 104 valence electrons. The molecule has 0 bridgehead atoms. The zero-order valence-corrected chi connectivity index (χ0v) is 12.3. The van der Waals surface area contributed by atoms with E-state index < -0.39 is 0 Å². The molecule has 0 atom stereocenters. The Kier molecular flexibility index (Phi) is 5.73. The topological polar surface area (TPSA) is 32.3 Å².